The number of hydrogen-bond acceptors (Lipinski definition) is 6. The Morgan fingerprint density at radius 3 is 2.63 bits per heavy atom. The SMILES string of the molecule is O=C1CCC(N2Cc3cc(N4CCN(Cc5nc6ccccc6[nH]5)CC4)c(F)cc3C2=O)C(=O)N1. The zero-order valence-corrected chi connectivity index (χ0v) is 19.1. The van der Waals surface area contributed by atoms with E-state index < -0.39 is 17.8 Å². The molecule has 6 rings (SSSR count). The van der Waals surface area contributed by atoms with Crippen LogP contribution in [0.3, 0.4) is 0 Å². The van der Waals surface area contributed by atoms with Crippen LogP contribution in [-0.4, -0.2) is 69.7 Å². The number of aromatic nitrogens is 2. The molecule has 2 N–H and O–H groups in total. The van der Waals surface area contributed by atoms with Crippen LogP contribution in [0.25, 0.3) is 11.0 Å². The number of benzene rings is 2. The molecule has 0 radical (unpaired) electrons. The van der Waals surface area contributed by atoms with Gasteiger partial charge in [-0.15, -0.1) is 0 Å². The Kier molecular flexibility index (Phi) is 5.25. The number of anilines is 1. The molecule has 0 bridgehead atoms. The number of nitrogens with one attached hydrogen (secondary N) is 2. The average molecular weight is 477 g/mol. The Bertz CT molecular complexity index is 1310. The van der Waals surface area contributed by atoms with Gasteiger partial charge in [0.05, 0.1) is 23.3 Å². The van der Waals surface area contributed by atoms with Crippen LogP contribution in [0.15, 0.2) is 36.4 Å². The molecule has 3 aliphatic rings. The minimum Gasteiger partial charge on any atom is -0.367 e. The molecule has 1 atom stereocenters. The van der Waals surface area contributed by atoms with Gasteiger partial charge in [0, 0.05) is 44.7 Å². The number of imidazole rings is 1. The van der Waals surface area contributed by atoms with Gasteiger partial charge >= 0.3 is 0 Å². The van der Waals surface area contributed by atoms with Crippen molar-refractivity contribution in [2.75, 3.05) is 31.1 Å². The predicted molar refractivity (Wildman–Crippen MR) is 126 cm³/mol. The van der Waals surface area contributed by atoms with E-state index in [1.54, 1.807) is 6.07 Å². The van der Waals surface area contributed by atoms with Gasteiger partial charge in [0.25, 0.3) is 5.91 Å². The summed E-state index contributed by atoms with van der Waals surface area (Å²) in [7, 11) is 0. The molecule has 0 spiro atoms. The summed E-state index contributed by atoms with van der Waals surface area (Å²) in [6.45, 7) is 3.76. The lowest BCUT2D eigenvalue weighted by molar-refractivity contribution is -0.136. The van der Waals surface area contributed by atoms with Crippen molar-refractivity contribution in [1.29, 1.82) is 0 Å². The summed E-state index contributed by atoms with van der Waals surface area (Å²) in [5.74, 6) is -0.689. The fourth-order valence-corrected chi connectivity index (χ4v) is 5.26. The molecule has 10 heteroatoms. The third-order valence-corrected chi connectivity index (χ3v) is 7.12. The number of amides is 3. The lowest BCUT2D eigenvalue weighted by Crippen LogP contribution is -2.52. The second kappa shape index (κ2) is 8.46. The van der Waals surface area contributed by atoms with Crippen LogP contribution in [0.2, 0.25) is 0 Å². The Morgan fingerprint density at radius 2 is 1.86 bits per heavy atom. The van der Waals surface area contributed by atoms with Crippen molar-refractivity contribution in [3.63, 3.8) is 0 Å². The van der Waals surface area contributed by atoms with Gasteiger partial charge in [0.15, 0.2) is 0 Å². The van der Waals surface area contributed by atoms with Gasteiger partial charge in [-0.2, -0.15) is 0 Å². The van der Waals surface area contributed by atoms with Crippen molar-refractivity contribution in [2.45, 2.75) is 32.0 Å². The van der Waals surface area contributed by atoms with Crippen LogP contribution in [-0.2, 0) is 22.7 Å². The first kappa shape index (κ1) is 21.7. The van der Waals surface area contributed by atoms with E-state index in [1.165, 1.54) is 11.0 Å². The van der Waals surface area contributed by atoms with Gasteiger partial charge in [-0.25, -0.2) is 9.37 Å². The number of fused-ring (bicyclic) bond motifs is 2. The van der Waals surface area contributed by atoms with Crippen molar-refractivity contribution in [1.82, 2.24) is 25.1 Å². The number of H-pyrrole nitrogens is 1. The number of hydrogen-bond donors (Lipinski definition) is 2. The maximum atomic E-state index is 15.1. The summed E-state index contributed by atoms with van der Waals surface area (Å²) >= 11 is 0. The first-order valence-corrected chi connectivity index (χ1v) is 11.8. The van der Waals surface area contributed by atoms with Gasteiger partial charge < -0.3 is 14.8 Å². The molecule has 0 saturated carbocycles. The van der Waals surface area contributed by atoms with Gasteiger partial charge in [-0.1, -0.05) is 12.1 Å². The largest absolute Gasteiger partial charge is 0.367 e. The molecule has 3 aliphatic heterocycles. The highest BCUT2D eigenvalue weighted by Crippen LogP contribution is 2.33. The molecular formula is C25H25FN6O3. The molecule has 1 aromatic heterocycles. The normalized spacial score (nSPS) is 21.1. The van der Waals surface area contributed by atoms with E-state index >= 15 is 4.39 Å². The monoisotopic (exact) mass is 476 g/mol. The van der Waals surface area contributed by atoms with Crippen LogP contribution in [0.1, 0.15) is 34.6 Å². The third kappa shape index (κ3) is 3.93. The number of aromatic amines is 1. The lowest BCUT2D eigenvalue weighted by atomic mass is 10.0. The minimum atomic E-state index is -0.707. The molecule has 1 unspecified atom stereocenters. The van der Waals surface area contributed by atoms with E-state index in [0.29, 0.717) is 36.4 Å². The van der Waals surface area contributed by atoms with Crippen LogP contribution in [0.5, 0.6) is 0 Å². The van der Waals surface area contributed by atoms with Gasteiger partial charge in [0.1, 0.15) is 17.7 Å². The number of carbonyl (C=O) groups excluding carboxylic acids is 3. The van der Waals surface area contributed by atoms with Crippen molar-refractivity contribution in [3.05, 3.63) is 59.2 Å². The average Bonchev–Trinajstić information content (AvgIpc) is 3.39. The number of para-hydroxylation sites is 2. The predicted octanol–water partition coefficient (Wildman–Crippen LogP) is 1.79. The summed E-state index contributed by atoms with van der Waals surface area (Å²) in [6.07, 6.45) is 0.474. The molecule has 2 aromatic carbocycles. The summed E-state index contributed by atoms with van der Waals surface area (Å²) in [5.41, 5.74) is 3.44. The zero-order valence-electron chi connectivity index (χ0n) is 19.1. The summed E-state index contributed by atoms with van der Waals surface area (Å²) in [6, 6.07) is 10.3. The maximum Gasteiger partial charge on any atom is 0.255 e. The summed E-state index contributed by atoms with van der Waals surface area (Å²) in [4.78, 5) is 50.4. The first-order chi connectivity index (χ1) is 17.0. The highest BCUT2D eigenvalue weighted by molar-refractivity contribution is 6.05. The summed E-state index contributed by atoms with van der Waals surface area (Å²) < 4.78 is 15.1. The molecule has 2 saturated heterocycles. The molecule has 3 amide bonds. The van der Waals surface area contributed by atoms with Crippen molar-refractivity contribution < 1.29 is 18.8 Å². The molecule has 3 aromatic rings. The van der Waals surface area contributed by atoms with Gasteiger partial charge in [-0.3, -0.25) is 24.6 Å². The highest BCUT2D eigenvalue weighted by atomic mass is 19.1. The van der Waals surface area contributed by atoms with Crippen molar-refractivity contribution in [2.24, 2.45) is 0 Å². The third-order valence-electron chi connectivity index (χ3n) is 7.12. The first-order valence-electron chi connectivity index (χ1n) is 11.8. The molecule has 2 fully saturated rings. The number of nitrogens with zero attached hydrogens (tertiary/aromatic N) is 4. The molecular weight excluding hydrogens is 451 g/mol. The van der Waals surface area contributed by atoms with Gasteiger partial charge in [-0.05, 0) is 36.2 Å². The molecule has 0 aliphatic carbocycles. The topological polar surface area (TPSA) is 102 Å². The number of carbonyl (C=O) groups is 3. The van der Waals surface area contributed by atoms with E-state index in [2.05, 4.69) is 20.2 Å². The number of imide groups is 1. The number of rotatable bonds is 4. The molecule has 35 heavy (non-hydrogen) atoms. The number of piperazine rings is 1. The van der Waals surface area contributed by atoms with E-state index in [1.807, 2.05) is 29.2 Å². The standard InChI is InChI=1S/C25H25FN6O3/c26-17-12-16-15(13-32(25(16)35)20-5-6-23(33)29-24(20)34)11-21(17)31-9-7-30(8-10-31)14-22-27-18-3-1-2-4-19(18)28-22/h1-4,11-12,20H,5-10,13-14H2,(H,27,28)(H,29,33,34). The summed E-state index contributed by atoms with van der Waals surface area (Å²) in [5, 5.41) is 2.29. The fraction of sp³-hybridized carbons (Fsp3) is 0.360. The van der Waals surface area contributed by atoms with E-state index in [0.717, 1.165) is 29.9 Å². The molecule has 4 heterocycles. The smallest absolute Gasteiger partial charge is 0.255 e. The Balaban J connectivity index is 1.13. The maximum absolute atomic E-state index is 15.1. The van der Waals surface area contributed by atoms with Crippen LogP contribution in [0, 0.1) is 5.82 Å². The zero-order chi connectivity index (χ0) is 24.1. The quantitative estimate of drug-likeness (QED) is 0.557. The fourth-order valence-electron chi connectivity index (χ4n) is 5.26. The van der Waals surface area contributed by atoms with Crippen molar-refractivity contribution >= 4 is 34.4 Å². The second-order valence-corrected chi connectivity index (χ2v) is 9.32. The number of piperidine rings is 1. The highest BCUT2D eigenvalue weighted by Gasteiger charge is 2.40. The van der Waals surface area contributed by atoms with E-state index in [4.69, 9.17) is 0 Å². The van der Waals surface area contributed by atoms with Crippen molar-refractivity contribution in [3.8, 4) is 0 Å². The Morgan fingerprint density at radius 1 is 1.06 bits per heavy atom. The minimum absolute atomic E-state index is 0.189. The second-order valence-electron chi connectivity index (χ2n) is 9.32. The number of halogens is 1. The van der Waals surface area contributed by atoms with E-state index in [9.17, 15) is 14.4 Å². The Labute approximate surface area is 200 Å². The van der Waals surface area contributed by atoms with Gasteiger partial charge in [0.2, 0.25) is 11.8 Å². The van der Waals surface area contributed by atoms with E-state index in [-0.39, 0.29) is 31.2 Å². The molecule has 9 nitrogen and oxygen atoms in total. The van der Waals surface area contributed by atoms with Crippen LogP contribution < -0.4 is 10.2 Å². The van der Waals surface area contributed by atoms with Crippen LogP contribution >= 0.6 is 0 Å². The Hall–Kier alpha value is -3.79. The molecule has 180 valence electrons. The van der Waals surface area contributed by atoms with Crippen LogP contribution in [0.4, 0.5) is 10.1 Å². The lowest BCUT2D eigenvalue weighted by Gasteiger charge is -2.36.